The Labute approximate surface area is 186 Å². The predicted octanol–water partition coefficient (Wildman–Crippen LogP) is -1.54. The molecule has 1 saturated heterocycles. The van der Waals surface area contributed by atoms with Crippen molar-refractivity contribution in [2.45, 2.75) is 11.1 Å². The molecule has 1 aromatic heterocycles. The number of aromatic nitrogens is 2. The van der Waals surface area contributed by atoms with Crippen molar-refractivity contribution in [1.82, 2.24) is 13.4 Å². The van der Waals surface area contributed by atoms with Gasteiger partial charge in [-0.2, -0.15) is 17.5 Å². The van der Waals surface area contributed by atoms with Crippen LogP contribution in [0.15, 0.2) is 38.8 Å². The molecule has 0 unspecified atom stereocenters. The maximum absolute atomic E-state index is 13.3. The molecule has 1 fully saturated rings. The van der Waals surface area contributed by atoms with Gasteiger partial charge in [0.25, 0.3) is 5.56 Å². The number of halogens is 3. The number of ketones is 1. The molecular formula is C19H23F3N5O5S+. The Balaban J connectivity index is 1.76. The molecule has 0 atom stereocenters. The first kappa shape index (κ1) is 24.7. The van der Waals surface area contributed by atoms with Crippen LogP contribution in [0.1, 0.15) is 15.9 Å². The maximum atomic E-state index is 13.3. The lowest BCUT2D eigenvalue weighted by atomic mass is 10.1. The number of Topliss-reactive ketones (excluding diaryl/α,β-unsaturated/α-hetero) is 1. The van der Waals surface area contributed by atoms with Crippen molar-refractivity contribution >= 4 is 21.6 Å². The summed E-state index contributed by atoms with van der Waals surface area (Å²) in [7, 11) is -1.86. The Morgan fingerprint density at radius 3 is 2.24 bits per heavy atom. The van der Waals surface area contributed by atoms with Crippen molar-refractivity contribution in [1.29, 1.82) is 0 Å². The fourth-order valence-electron chi connectivity index (χ4n) is 3.72. The number of quaternary nitrogens is 1. The molecule has 1 aliphatic heterocycles. The van der Waals surface area contributed by atoms with Crippen LogP contribution >= 0.6 is 0 Å². The highest BCUT2D eigenvalue weighted by Gasteiger charge is 2.40. The lowest BCUT2D eigenvalue weighted by molar-refractivity contribution is -0.895. The van der Waals surface area contributed by atoms with Crippen molar-refractivity contribution in [3.63, 3.8) is 0 Å². The summed E-state index contributed by atoms with van der Waals surface area (Å²) in [5, 5.41) is 0. The Kier molecular flexibility index (Phi) is 6.55. The molecule has 0 bridgehead atoms. The molecule has 3 rings (SSSR count). The molecular weight excluding hydrogens is 467 g/mol. The van der Waals surface area contributed by atoms with Crippen molar-refractivity contribution in [2.75, 3.05) is 38.5 Å². The molecule has 1 aliphatic rings. The maximum Gasteiger partial charge on any atom is 0.417 e. The van der Waals surface area contributed by atoms with Gasteiger partial charge in [-0.3, -0.25) is 18.7 Å². The summed E-state index contributed by atoms with van der Waals surface area (Å²) in [6, 6.07) is 3.97. The van der Waals surface area contributed by atoms with Gasteiger partial charge < -0.3 is 10.6 Å². The van der Waals surface area contributed by atoms with Crippen LogP contribution in [0, 0.1) is 0 Å². The van der Waals surface area contributed by atoms with E-state index in [1.165, 1.54) is 20.2 Å². The largest absolute Gasteiger partial charge is 0.417 e. The van der Waals surface area contributed by atoms with E-state index in [9.17, 15) is 36.0 Å². The first-order valence-corrected chi connectivity index (χ1v) is 11.3. The zero-order valence-corrected chi connectivity index (χ0v) is 18.7. The second-order valence-electron chi connectivity index (χ2n) is 7.71. The van der Waals surface area contributed by atoms with E-state index in [1.54, 1.807) is 0 Å². The quantitative estimate of drug-likeness (QED) is 0.489. The van der Waals surface area contributed by atoms with Gasteiger partial charge in [0.05, 0.1) is 36.6 Å². The van der Waals surface area contributed by atoms with Gasteiger partial charge in [0, 0.05) is 14.1 Å². The van der Waals surface area contributed by atoms with E-state index in [4.69, 9.17) is 5.73 Å². The number of nitrogens with two attached hydrogens (primary N) is 1. The number of carbonyl (C=O) groups is 1. The zero-order chi connectivity index (χ0) is 24.7. The fraction of sp³-hybridized carbons (Fsp3) is 0.421. The minimum atomic E-state index is -4.83. The van der Waals surface area contributed by atoms with Gasteiger partial charge in [-0.15, -0.1) is 0 Å². The van der Waals surface area contributed by atoms with Crippen LogP contribution in [0.5, 0.6) is 0 Å². The second-order valence-corrected chi connectivity index (χ2v) is 9.62. The highest BCUT2D eigenvalue weighted by molar-refractivity contribution is 7.89. The minimum Gasteiger partial charge on any atom is -0.384 e. The average molecular weight is 490 g/mol. The first-order valence-electron chi connectivity index (χ1n) is 9.85. The van der Waals surface area contributed by atoms with Crippen LogP contribution in [0.4, 0.5) is 19.0 Å². The van der Waals surface area contributed by atoms with Crippen LogP contribution in [0.3, 0.4) is 0 Å². The molecule has 0 radical (unpaired) electrons. The van der Waals surface area contributed by atoms with Crippen molar-refractivity contribution in [2.24, 2.45) is 14.1 Å². The van der Waals surface area contributed by atoms with E-state index in [0.717, 1.165) is 25.6 Å². The molecule has 2 heterocycles. The standard InChI is InChI=1S/C19H22F3N5O5S/c1-24-16(23)15(17(29)25(2)18(24)30)13(28)11-26-7-9-27(10-8-26)33(31,32)14-6-4-3-5-12(14)19(20,21)22/h3-6H,7-11,23H2,1-2H3/p+1. The third-order valence-corrected chi connectivity index (χ3v) is 7.60. The number of nitrogens with zero attached hydrogens (tertiary/aromatic N) is 3. The third-order valence-electron chi connectivity index (χ3n) is 5.64. The predicted molar refractivity (Wildman–Crippen MR) is 111 cm³/mol. The number of anilines is 1. The number of nitrogens with one attached hydrogen (secondary N) is 1. The summed E-state index contributed by atoms with van der Waals surface area (Å²) in [6.07, 6.45) is -4.83. The van der Waals surface area contributed by atoms with Crippen molar-refractivity contribution in [3.8, 4) is 0 Å². The smallest absolute Gasteiger partial charge is 0.384 e. The van der Waals surface area contributed by atoms with Crippen LogP contribution in [0.2, 0.25) is 0 Å². The Morgan fingerprint density at radius 2 is 1.67 bits per heavy atom. The molecule has 33 heavy (non-hydrogen) atoms. The van der Waals surface area contributed by atoms with Gasteiger partial charge in [0.1, 0.15) is 17.9 Å². The average Bonchev–Trinajstić information content (AvgIpc) is 2.76. The van der Waals surface area contributed by atoms with Crippen molar-refractivity contribution < 1.29 is 31.3 Å². The molecule has 10 nitrogen and oxygen atoms in total. The number of benzene rings is 1. The highest BCUT2D eigenvalue weighted by Crippen LogP contribution is 2.35. The van der Waals surface area contributed by atoms with Crippen molar-refractivity contribution in [3.05, 3.63) is 56.2 Å². The molecule has 0 aliphatic carbocycles. The highest BCUT2D eigenvalue weighted by atomic mass is 32.2. The van der Waals surface area contributed by atoms with E-state index in [-0.39, 0.29) is 44.1 Å². The molecule has 0 amide bonds. The van der Waals surface area contributed by atoms with Gasteiger partial charge in [-0.05, 0) is 12.1 Å². The number of sulfonamides is 1. The number of alkyl halides is 3. The third kappa shape index (κ3) is 4.58. The molecule has 2 aromatic rings. The normalized spacial score (nSPS) is 16.2. The number of piperazine rings is 1. The topological polar surface area (TPSA) is 129 Å². The zero-order valence-electron chi connectivity index (χ0n) is 17.8. The van der Waals surface area contributed by atoms with Gasteiger partial charge in [0.2, 0.25) is 15.8 Å². The lowest BCUT2D eigenvalue weighted by Gasteiger charge is -2.31. The van der Waals surface area contributed by atoms with Crippen LogP contribution < -0.4 is 21.9 Å². The van der Waals surface area contributed by atoms with E-state index in [2.05, 4.69) is 0 Å². The van der Waals surface area contributed by atoms with Gasteiger partial charge in [-0.25, -0.2) is 13.2 Å². The van der Waals surface area contributed by atoms with E-state index in [0.29, 0.717) is 11.0 Å². The van der Waals surface area contributed by atoms with Gasteiger partial charge in [0.15, 0.2) is 0 Å². The summed E-state index contributed by atoms with van der Waals surface area (Å²) < 4.78 is 68.2. The monoisotopic (exact) mass is 490 g/mol. The Hall–Kier alpha value is -2.97. The number of rotatable bonds is 5. The van der Waals surface area contributed by atoms with E-state index >= 15 is 0 Å². The molecule has 180 valence electrons. The lowest BCUT2D eigenvalue weighted by Crippen LogP contribution is -3.15. The van der Waals surface area contributed by atoms with E-state index < -0.39 is 43.7 Å². The first-order chi connectivity index (χ1) is 15.3. The minimum absolute atomic E-state index is 0.113. The SMILES string of the molecule is Cn1c(N)c(C(=O)C[NH+]2CCN(S(=O)(=O)c3ccccc3C(F)(F)F)CC2)c(=O)n(C)c1=O. The summed E-state index contributed by atoms with van der Waals surface area (Å²) in [4.78, 5) is 36.8. The van der Waals surface area contributed by atoms with Crippen LogP contribution in [-0.2, 0) is 30.3 Å². The molecule has 14 heteroatoms. The Bertz CT molecular complexity index is 1310. The number of hydrogen-bond acceptors (Lipinski definition) is 6. The fourth-order valence-corrected chi connectivity index (χ4v) is 5.38. The van der Waals surface area contributed by atoms with Gasteiger partial charge >= 0.3 is 11.9 Å². The summed E-state index contributed by atoms with van der Waals surface area (Å²) in [6.45, 7) is -0.156. The van der Waals surface area contributed by atoms with Crippen LogP contribution in [-0.4, -0.2) is 60.4 Å². The second kappa shape index (κ2) is 8.76. The molecule has 0 spiro atoms. The van der Waals surface area contributed by atoms with E-state index in [1.807, 2.05) is 0 Å². The summed E-state index contributed by atoms with van der Waals surface area (Å²) >= 11 is 0. The summed E-state index contributed by atoms with van der Waals surface area (Å²) in [5.41, 5.74) is 2.71. The summed E-state index contributed by atoms with van der Waals surface area (Å²) in [5.74, 6) is -0.880. The van der Waals surface area contributed by atoms with Crippen LogP contribution in [0.25, 0.3) is 0 Å². The number of hydrogen-bond donors (Lipinski definition) is 2. The Morgan fingerprint density at radius 1 is 1.09 bits per heavy atom. The number of nitrogen functional groups attached to an aromatic ring is 1. The molecule has 1 aromatic carbocycles. The molecule has 3 N–H and O–H groups in total. The number of carbonyl (C=O) groups excluding carboxylic acids is 1. The molecule has 0 saturated carbocycles. The van der Waals surface area contributed by atoms with Gasteiger partial charge in [-0.1, -0.05) is 12.1 Å².